The molecule has 0 amide bonds. The zero-order chi connectivity index (χ0) is 40.0. The summed E-state index contributed by atoms with van der Waals surface area (Å²) in [7, 11) is 1.48. The third kappa shape index (κ3) is 40.2. The number of unbranched alkanes of at least 4 members (excludes halogenated alkanes) is 22. The number of rotatable bonds is 40. The van der Waals surface area contributed by atoms with Crippen molar-refractivity contribution < 1.29 is 42.1 Å². The summed E-state index contributed by atoms with van der Waals surface area (Å²) in [6, 6.07) is 0. The molecule has 9 nitrogen and oxygen atoms in total. The number of nitrogens with zero attached hydrogens (tertiary/aromatic N) is 1. The van der Waals surface area contributed by atoms with Crippen molar-refractivity contribution in [1.29, 1.82) is 0 Å². The number of hydrogen-bond donors (Lipinski definition) is 1. The molecule has 0 fully saturated rings. The fourth-order valence-corrected chi connectivity index (χ4v) is 6.82. The van der Waals surface area contributed by atoms with E-state index >= 15 is 0 Å². The van der Waals surface area contributed by atoms with Gasteiger partial charge < -0.3 is 18.9 Å². The monoisotopic (exact) mass is 787 g/mol. The zero-order valence-corrected chi connectivity index (χ0v) is 36.6. The third-order valence-electron chi connectivity index (χ3n) is 9.48. The van der Waals surface area contributed by atoms with E-state index in [-0.39, 0.29) is 25.6 Å². The molecule has 10 heteroatoms. The molecule has 0 rings (SSSR count). The highest BCUT2D eigenvalue weighted by Crippen LogP contribution is 2.43. The Balaban J connectivity index is 4.32. The van der Waals surface area contributed by atoms with Crippen LogP contribution >= 0.6 is 7.82 Å². The number of phosphoric ester groups is 1. The Kier molecular flexibility index (Phi) is 36.1. The molecular formula is C44H85NO8P+. The first kappa shape index (κ1) is 52.5. The van der Waals surface area contributed by atoms with Crippen LogP contribution < -0.4 is 0 Å². The number of esters is 2. The molecule has 0 aromatic heterocycles. The molecule has 0 saturated carbocycles. The zero-order valence-electron chi connectivity index (χ0n) is 35.7. The molecule has 0 heterocycles. The molecule has 0 saturated heterocycles. The van der Waals surface area contributed by atoms with E-state index in [9.17, 15) is 19.0 Å². The highest BCUT2D eigenvalue weighted by molar-refractivity contribution is 7.47. The van der Waals surface area contributed by atoms with Gasteiger partial charge in [0, 0.05) is 12.8 Å². The lowest BCUT2D eigenvalue weighted by Crippen LogP contribution is -2.37. The van der Waals surface area contributed by atoms with Crippen molar-refractivity contribution in [2.75, 3.05) is 47.5 Å². The average Bonchev–Trinajstić information content (AvgIpc) is 3.12. The number of phosphoric acid groups is 1. The maximum Gasteiger partial charge on any atom is 0.472 e. The van der Waals surface area contributed by atoms with Gasteiger partial charge in [-0.25, -0.2) is 4.57 Å². The number of hydrogen-bond acceptors (Lipinski definition) is 7. The van der Waals surface area contributed by atoms with Gasteiger partial charge in [-0.15, -0.1) is 0 Å². The molecule has 1 N–H and O–H groups in total. The van der Waals surface area contributed by atoms with Crippen molar-refractivity contribution in [3.63, 3.8) is 0 Å². The Morgan fingerprint density at radius 1 is 0.556 bits per heavy atom. The molecule has 54 heavy (non-hydrogen) atoms. The van der Waals surface area contributed by atoms with Gasteiger partial charge in [-0.05, 0) is 51.4 Å². The number of quaternary nitrogens is 1. The normalized spacial score (nSPS) is 13.8. The minimum atomic E-state index is -4.37. The van der Waals surface area contributed by atoms with Gasteiger partial charge in [-0.3, -0.25) is 18.6 Å². The topological polar surface area (TPSA) is 108 Å². The predicted molar refractivity (Wildman–Crippen MR) is 224 cm³/mol. The summed E-state index contributed by atoms with van der Waals surface area (Å²) in [6.45, 7) is 4.27. The highest BCUT2D eigenvalue weighted by Gasteiger charge is 2.27. The van der Waals surface area contributed by atoms with E-state index in [2.05, 4.69) is 38.2 Å². The van der Waals surface area contributed by atoms with Gasteiger partial charge in [-0.1, -0.05) is 154 Å². The summed E-state index contributed by atoms with van der Waals surface area (Å²) in [6.07, 6.45) is 39.4. The molecule has 318 valence electrons. The second-order valence-corrected chi connectivity index (χ2v) is 17.5. The molecular weight excluding hydrogens is 701 g/mol. The second kappa shape index (κ2) is 37.1. The number of carbonyl (C=O) groups excluding carboxylic acids is 2. The van der Waals surface area contributed by atoms with Gasteiger partial charge >= 0.3 is 19.8 Å². The Morgan fingerprint density at radius 2 is 0.944 bits per heavy atom. The molecule has 0 aliphatic carbocycles. The molecule has 0 aromatic carbocycles. The molecule has 1 unspecified atom stereocenters. The van der Waals surface area contributed by atoms with E-state index < -0.39 is 26.5 Å². The summed E-state index contributed by atoms with van der Waals surface area (Å²) in [5.41, 5.74) is 0. The minimum absolute atomic E-state index is 0.0331. The van der Waals surface area contributed by atoms with E-state index in [1.807, 2.05) is 21.1 Å². The summed E-state index contributed by atoms with van der Waals surface area (Å²) in [5, 5.41) is 0. The summed E-state index contributed by atoms with van der Waals surface area (Å²) in [4.78, 5) is 35.3. The van der Waals surface area contributed by atoms with Crippen LogP contribution in [0.1, 0.15) is 194 Å². The van der Waals surface area contributed by atoms with E-state index in [4.69, 9.17) is 18.5 Å². The maximum absolute atomic E-state index is 12.7. The van der Waals surface area contributed by atoms with Crippen LogP contribution in [0.15, 0.2) is 24.3 Å². The van der Waals surface area contributed by atoms with E-state index in [0.29, 0.717) is 23.9 Å². The molecule has 0 radical (unpaired) electrons. The van der Waals surface area contributed by atoms with Gasteiger partial charge in [-0.2, -0.15) is 0 Å². The number of carbonyl (C=O) groups is 2. The van der Waals surface area contributed by atoms with Crippen LogP contribution in [-0.4, -0.2) is 74.9 Å². The Labute approximate surface area is 332 Å². The Hall–Kier alpha value is -1.51. The predicted octanol–water partition coefficient (Wildman–Crippen LogP) is 12.4. The average molecular weight is 787 g/mol. The van der Waals surface area contributed by atoms with Crippen molar-refractivity contribution in [2.24, 2.45) is 0 Å². The van der Waals surface area contributed by atoms with Crippen molar-refractivity contribution in [2.45, 2.75) is 200 Å². The lowest BCUT2D eigenvalue weighted by Gasteiger charge is -2.24. The second-order valence-electron chi connectivity index (χ2n) is 16.0. The van der Waals surface area contributed by atoms with Crippen molar-refractivity contribution >= 4 is 19.8 Å². The van der Waals surface area contributed by atoms with Crippen molar-refractivity contribution in [3.8, 4) is 0 Å². The van der Waals surface area contributed by atoms with Crippen LogP contribution in [0.25, 0.3) is 0 Å². The number of ether oxygens (including phenoxy) is 2. The number of allylic oxidation sites excluding steroid dienone is 4. The van der Waals surface area contributed by atoms with Crippen molar-refractivity contribution in [1.82, 2.24) is 0 Å². The molecule has 0 aromatic rings. The van der Waals surface area contributed by atoms with Gasteiger partial charge in [0.15, 0.2) is 6.10 Å². The molecule has 2 atom stereocenters. The first-order valence-corrected chi connectivity index (χ1v) is 23.6. The fourth-order valence-electron chi connectivity index (χ4n) is 6.08. The largest absolute Gasteiger partial charge is 0.472 e. The Morgan fingerprint density at radius 3 is 1.35 bits per heavy atom. The summed E-state index contributed by atoms with van der Waals surface area (Å²) >= 11 is 0. The first-order valence-electron chi connectivity index (χ1n) is 22.1. The quantitative estimate of drug-likeness (QED) is 0.0215. The maximum atomic E-state index is 12.7. The molecule has 0 bridgehead atoms. The summed E-state index contributed by atoms with van der Waals surface area (Å²) in [5.74, 6) is -0.796. The lowest BCUT2D eigenvalue weighted by atomic mass is 10.0. The van der Waals surface area contributed by atoms with Crippen LogP contribution in [0.2, 0.25) is 0 Å². The van der Waals surface area contributed by atoms with Crippen LogP contribution in [0, 0.1) is 0 Å². The fraction of sp³-hybridized carbons (Fsp3) is 0.864. The van der Waals surface area contributed by atoms with Crippen LogP contribution in [0.5, 0.6) is 0 Å². The summed E-state index contributed by atoms with van der Waals surface area (Å²) < 4.78 is 34.3. The van der Waals surface area contributed by atoms with Crippen LogP contribution in [0.4, 0.5) is 0 Å². The SMILES string of the molecule is CC/C=C\CCCCCCCCCCCCCC(=O)OC[C@H](COP(=O)(O)OCC[N+](C)(C)C)OC(=O)CCCCCCCCCCCCC/C=C\CC. The van der Waals surface area contributed by atoms with Crippen LogP contribution in [0.3, 0.4) is 0 Å². The smallest absolute Gasteiger partial charge is 0.462 e. The Bertz CT molecular complexity index is 980. The molecule has 0 aliphatic rings. The number of likely N-dealkylation sites (N-methyl/N-ethyl adjacent to an activating group) is 1. The van der Waals surface area contributed by atoms with Gasteiger partial charge in [0.1, 0.15) is 19.8 Å². The van der Waals surface area contributed by atoms with E-state index in [0.717, 1.165) is 44.9 Å². The van der Waals surface area contributed by atoms with Crippen LogP contribution in [-0.2, 0) is 32.7 Å². The minimum Gasteiger partial charge on any atom is -0.462 e. The molecule has 0 spiro atoms. The van der Waals surface area contributed by atoms with Gasteiger partial charge in [0.2, 0.25) is 0 Å². The lowest BCUT2D eigenvalue weighted by molar-refractivity contribution is -0.870. The van der Waals surface area contributed by atoms with E-state index in [1.165, 1.54) is 116 Å². The molecule has 0 aliphatic heterocycles. The van der Waals surface area contributed by atoms with E-state index in [1.54, 1.807) is 0 Å². The highest BCUT2D eigenvalue weighted by atomic mass is 31.2. The van der Waals surface area contributed by atoms with Crippen molar-refractivity contribution in [3.05, 3.63) is 24.3 Å². The first-order chi connectivity index (χ1) is 26.0. The standard InChI is InChI=1S/C44H84NO8P/c1-6-8-10-12-14-16-18-20-22-24-26-28-30-32-34-36-43(46)50-40-42(41-52-54(48,49)51-39-38-45(3,4)5)53-44(47)37-35-33-31-29-27-25-23-21-19-17-15-13-11-9-7-2/h8-11,42H,6-7,12-41H2,1-5H3/p+1/b10-8-,11-9-/t42-/m1/s1. The van der Waals surface area contributed by atoms with Gasteiger partial charge in [0.25, 0.3) is 0 Å². The third-order valence-corrected chi connectivity index (χ3v) is 10.5. The van der Waals surface area contributed by atoms with Gasteiger partial charge in [0.05, 0.1) is 27.7 Å².